The van der Waals surface area contributed by atoms with Crippen LogP contribution < -0.4 is 0 Å². The van der Waals surface area contributed by atoms with E-state index >= 15 is 0 Å². The Bertz CT molecular complexity index is 123. The van der Waals surface area contributed by atoms with Crippen LogP contribution in [0.5, 0.6) is 0 Å². The Morgan fingerprint density at radius 3 is 2.45 bits per heavy atom. The van der Waals surface area contributed by atoms with E-state index in [0.29, 0.717) is 0 Å². The fourth-order valence-corrected chi connectivity index (χ4v) is 1.88. The molecule has 1 aliphatic heterocycles. The zero-order valence-electron chi connectivity index (χ0n) is 8.17. The smallest absolute Gasteiger partial charge is 0.0243 e. The lowest BCUT2D eigenvalue weighted by Gasteiger charge is -2.38. The Morgan fingerprint density at radius 1 is 1.36 bits per heavy atom. The second-order valence-electron chi connectivity index (χ2n) is 4.06. The van der Waals surface area contributed by atoms with Gasteiger partial charge in [0.05, 0.1) is 0 Å². The van der Waals surface area contributed by atoms with E-state index in [1.807, 2.05) is 0 Å². The fraction of sp³-hybridized carbons (Fsp3) is 1.00. The van der Waals surface area contributed by atoms with Gasteiger partial charge in [-0.3, -0.25) is 0 Å². The van der Waals surface area contributed by atoms with E-state index in [1.165, 1.54) is 19.5 Å². The van der Waals surface area contributed by atoms with Crippen molar-refractivity contribution >= 4 is 0 Å². The molecule has 0 aliphatic carbocycles. The minimum absolute atomic E-state index is 0.758. The molecular weight excluding hydrogens is 136 g/mol. The summed E-state index contributed by atoms with van der Waals surface area (Å²) in [5, 5.41) is 0. The SMILES string of the molecule is C[C@@H]1CCN(C)C[C@@H]1N(C)C. The van der Waals surface area contributed by atoms with Crippen molar-refractivity contribution < 1.29 is 0 Å². The molecule has 0 radical (unpaired) electrons. The predicted octanol–water partition coefficient (Wildman–Crippen LogP) is 0.888. The summed E-state index contributed by atoms with van der Waals surface area (Å²) in [6.45, 7) is 4.86. The van der Waals surface area contributed by atoms with E-state index in [-0.39, 0.29) is 0 Å². The molecule has 0 N–H and O–H groups in total. The average molecular weight is 156 g/mol. The third-order valence-corrected chi connectivity index (χ3v) is 2.79. The Hall–Kier alpha value is -0.0800. The first kappa shape index (κ1) is 9.01. The summed E-state index contributed by atoms with van der Waals surface area (Å²) in [7, 11) is 6.57. The lowest BCUT2D eigenvalue weighted by atomic mass is 9.93. The molecule has 0 bridgehead atoms. The number of likely N-dealkylation sites (N-methyl/N-ethyl adjacent to an activating group) is 2. The first-order valence-electron chi connectivity index (χ1n) is 4.46. The molecule has 1 saturated heterocycles. The van der Waals surface area contributed by atoms with Gasteiger partial charge in [0.2, 0.25) is 0 Å². The Kier molecular flexibility index (Phi) is 2.90. The molecule has 0 aromatic heterocycles. The second-order valence-corrected chi connectivity index (χ2v) is 4.06. The van der Waals surface area contributed by atoms with Gasteiger partial charge >= 0.3 is 0 Å². The van der Waals surface area contributed by atoms with Gasteiger partial charge in [0.25, 0.3) is 0 Å². The summed E-state index contributed by atoms with van der Waals surface area (Å²) >= 11 is 0. The van der Waals surface area contributed by atoms with Crippen LogP contribution >= 0.6 is 0 Å². The maximum absolute atomic E-state index is 2.42. The van der Waals surface area contributed by atoms with Gasteiger partial charge in [0.1, 0.15) is 0 Å². The summed E-state index contributed by atoms with van der Waals surface area (Å²) in [6.07, 6.45) is 1.35. The molecule has 0 saturated carbocycles. The molecule has 0 unspecified atom stereocenters. The first-order valence-corrected chi connectivity index (χ1v) is 4.46. The average Bonchev–Trinajstić information content (AvgIpc) is 1.94. The van der Waals surface area contributed by atoms with Crippen LogP contribution in [0.4, 0.5) is 0 Å². The largest absolute Gasteiger partial charge is 0.305 e. The van der Waals surface area contributed by atoms with Crippen molar-refractivity contribution in [2.24, 2.45) is 5.92 Å². The molecule has 0 amide bonds. The van der Waals surface area contributed by atoms with Crippen molar-refractivity contribution in [1.29, 1.82) is 0 Å². The number of hydrogen-bond acceptors (Lipinski definition) is 2. The van der Waals surface area contributed by atoms with Crippen molar-refractivity contribution in [2.75, 3.05) is 34.2 Å². The maximum atomic E-state index is 2.42. The Morgan fingerprint density at radius 2 is 2.00 bits per heavy atom. The highest BCUT2D eigenvalue weighted by Gasteiger charge is 2.25. The summed E-state index contributed by atoms with van der Waals surface area (Å²) in [5.41, 5.74) is 0. The third-order valence-electron chi connectivity index (χ3n) is 2.79. The van der Waals surface area contributed by atoms with E-state index < -0.39 is 0 Å². The van der Waals surface area contributed by atoms with Crippen molar-refractivity contribution in [2.45, 2.75) is 19.4 Å². The molecule has 1 rings (SSSR count). The van der Waals surface area contributed by atoms with E-state index in [4.69, 9.17) is 0 Å². The van der Waals surface area contributed by atoms with Gasteiger partial charge in [0.15, 0.2) is 0 Å². The van der Waals surface area contributed by atoms with Crippen LogP contribution in [0.1, 0.15) is 13.3 Å². The molecule has 2 nitrogen and oxygen atoms in total. The van der Waals surface area contributed by atoms with Gasteiger partial charge in [-0.1, -0.05) is 6.92 Å². The molecule has 1 fully saturated rings. The van der Waals surface area contributed by atoms with Crippen molar-refractivity contribution in [1.82, 2.24) is 9.80 Å². The van der Waals surface area contributed by atoms with Crippen LogP contribution in [-0.2, 0) is 0 Å². The molecule has 66 valence electrons. The third kappa shape index (κ3) is 2.17. The standard InChI is InChI=1S/C9H20N2/c1-8-5-6-11(4)7-9(8)10(2)3/h8-9H,5-7H2,1-4H3/t8-,9+/m1/s1. The number of rotatable bonds is 1. The van der Waals surface area contributed by atoms with E-state index in [1.54, 1.807) is 0 Å². The molecule has 0 spiro atoms. The van der Waals surface area contributed by atoms with Crippen LogP contribution in [0.2, 0.25) is 0 Å². The van der Waals surface area contributed by atoms with Crippen LogP contribution in [0.25, 0.3) is 0 Å². The minimum Gasteiger partial charge on any atom is -0.305 e. The van der Waals surface area contributed by atoms with Crippen molar-refractivity contribution in [3.63, 3.8) is 0 Å². The lowest BCUT2D eigenvalue weighted by molar-refractivity contribution is 0.107. The molecule has 1 aliphatic rings. The highest BCUT2D eigenvalue weighted by atomic mass is 15.2. The van der Waals surface area contributed by atoms with E-state index in [9.17, 15) is 0 Å². The van der Waals surface area contributed by atoms with E-state index in [2.05, 4.69) is 37.9 Å². The summed E-state index contributed by atoms with van der Waals surface area (Å²) in [5.74, 6) is 0.862. The molecule has 2 heteroatoms. The summed E-state index contributed by atoms with van der Waals surface area (Å²) in [4.78, 5) is 4.77. The molecule has 0 aromatic rings. The van der Waals surface area contributed by atoms with Gasteiger partial charge < -0.3 is 9.80 Å². The molecule has 2 atom stereocenters. The predicted molar refractivity (Wildman–Crippen MR) is 48.8 cm³/mol. The Balaban J connectivity index is 2.47. The minimum atomic E-state index is 0.758. The summed E-state index contributed by atoms with van der Waals surface area (Å²) < 4.78 is 0. The van der Waals surface area contributed by atoms with Crippen molar-refractivity contribution in [3.8, 4) is 0 Å². The van der Waals surface area contributed by atoms with Crippen LogP contribution in [0, 0.1) is 5.92 Å². The topological polar surface area (TPSA) is 6.48 Å². The zero-order valence-corrected chi connectivity index (χ0v) is 8.17. The fourth-order valence-electron chi connectivity index (χ4n) is 1.88. The van der Waals surface area contributed by atoms with Crippen LogP contribution in [0.3, 0.4) is 0 Å². The molecule has 1 heterocycles. The van der Waals surface area contributed by atoms with Gasteiger partial charge in [0, 0.05) is 12.6 Å². The Labute approximate surface area is 70.2 Å². The number of nitrogens with zero attached hydrogens (tertiary/aromatic N) is 2. The zero-order chi connectivity index (χ0) is 8.43. The van der Waals surface area contributed by atoms with Crippen LogP contribution in [0.15, 0.2) is 0 Å². The van der Waals surface area contributed by atoms with Crippen LogP contribution in [-0.4, -0.2) is 50.1 Å². The number of piperidine rings is 1. The van der Waals surface area contributed by atoms with E-state index in [0.717, 1.165) is 12.0 Å². The molecule has 0 aromatic carbocycles. The molecule has 11 heavy (non-hydrogen) atoms. The summed E-state index contributed by atoms with van der Waals surface area (Å²) in [6, 6.07) is 0.758. The second kappa shape index (κ2) is 3.55. The number of likely N-dealkylation sites (tertiary alicyclic amines) is 1. The monoisotopic (exact) mass is 156 g/mol. The normalized spacial score (nSPS) is 34.6. The van der Waals surface area contributed by atoms with Crippen molar-refractivity contribution in [3.05, 3.63) is 0 Å². The lowest BCUT2D eigenvalue weighted by Crippen LogP contribution is -2.48. The highest BCUT2D eigenvalue weighted by molar-refractivity contribution is 4.81. The highest BCUT2D eigenvalue weighted by Crippen LogP contribution is 2.18. The first-order chi connectivity index (χ1) is 5.11. The van der Waals surface area contributed by atoms with Gasteiger partial charge in [-0.15, -0.1) is 0 Å². The quantitative estimate of drug-likeness (QED) is 0.556. The van der Waals surface area contributed by atoms with Gasteiger partial charge in [-0.25, -0.2) is 0 Å². The van der Waals surface area contributed by atoms with Gasteiger partial charge in [-0.2, -0.15) is 0 Å². The van der Waals surface area contributed by atoms with Gasteiger partial charge in [-0.05, 0) is 40.0 Å². The maximum Gasteiger partial charge on any atom is 0.0243 e. The molecular formula is C9H20N2. The number of hydrogen-bond donors (Lipinski definition) is 0.